The van der Waals surface area contributed by atoms with Crippen molar-refractivity contribution in [3.63, 3.8) is 0 Å². The third-order valence-corrected chi connectivity index (χ3v) is 0.225. The first-order valence-electron chi connectivity index (χ1n) is 1.37. The zero-order valence-electron chi connectivity index (χ0n) is 2.82. The van der Waals surface area contributed by atoms with Gasteiger partial charge < -0.3 is 11.5 Å². The summed E-state index contributed by atoms with van der Waals surface area (Å²) in [5, 5.41) is 0. The fourth-order valence-electron chi connectivity index (χ4n) is 0. The van der Waals surface area contributed by atoms with Gasteiger partial charge in [-0.1, -0.05) is 0 Å². The summed E-state index contributed by atoms with van der Waals surface area (Å²) in [5.74, 6) is 0. The number of rotatable bonds is 1. The Hall–Kier alpha value is -0.150. The van der Waals surface area contributed by atoms with Crippen molar-refractivity contribution in [2.45, 2.75) is 6.30 Å². The minimum Gasteiger partial charge on any atom is -0.327 e. The van der Waals surface area contributed by atoms with Crippen LogP contribution < -0.4 is 11.5 Å². The third-order valence-electron chi connectivity index (χ3n) is 0.225. The summed E-state index contributed by atoms with van der Waals surface area (Å²) in [6, 6.07) is 0. The third kappa shape index (κ3) is 3.85. The van der Waals surface area contributed by atoms with E-state index in [9.17, 15) is 4.39 Å². The van der Waals surface area contributed by atoms with Crippen LogP contribution in [0.4, 0.5) is 4.39 Å². The van der Waals surface area contributed by atoms with Crippen molar-refractivity contribution in [1.82, 2.24) is 0 Å². The molecular formula is C2H7FN2. The number of alkyl halides is 1. The maximum atomic E-state index is 11.1. The van der Waals surface area contributed by atoms with Crippen molar-refractivity contribution in [1.29, 1.82) is 0 Å². The van der Waals surface area contributed by atoms with Gasteiger partial charge in [0.1, 0.15) is 0 Å². The Bertz CT molecular complexity index is 21.6. The Balaban J connectivity index is 2.54. The molecule has 0 rings (SSSR count). The summed E-state index contributed by atoms with van der Waals surface area (Å²) >= 11 is 0. The molecule has 0 saturated heterocycles. The number of nitrogens with two attached hydrogens (primary N) is 2. The van der Waals surface area contributed by atoms with E-state index in [2.05, 4.69) is 11.5 Å². The summed E-state index contributed by atoms with van der Waals surface area (Å²) in [6.45, 7) is -0.0833. The summed E-state index contributed by atoms with van der Waals surface area (Å²) in [6.07, 6.45) is -1.34. The summed E-state index contributed by atoms with van der Waals surface area (Å²) in [5.41, 5.74) is 9.17. The molecule has 0 aromatic heterocycles. The first-order chi connectivity index (χ1) is 2.27. The van der Waals surface area contributed by atoms with Crippen LogP contribution in [0.3, 0.4) is 0 Å². The highest BCUT2D eigenvalue weighted by molar-refractivity contribution is 4.38. The summed E-state index contributed by atoms with van der Waals surface area (Å²) in [4.78, 5) is 0. The zero-order chi connectivity index (χ0) is 4.28. The van der Waals surface area contributed by atoms with Gasteiger partial charge in [-0.3, -0.25) is 0 Å². The van der Waals surface area contributed by atoms with Crippen LogP contribution in [0, 0.1) is 0 Å². The van der Waals surface area contributed by atoms with E-state index in [-0.39, 0.29) is 6.54 Å². The molecule has 32 valence electrons. The van der Waals surface area contributed by atoms with Gasteiger partial charge in [-0.25, -0.2) is 4.39 Å². The maximum absolute atomic E-state index is 11.1. The first-order valence-corrected chi connectivity index (χ1v) is 1.37. The van der Waals surface area contributed by atoms with Crippen LogP contribution in [0.15, 0.2) is 0 Å². The molecule has 0 aliphatic carbocycles. The Morgan fingerprint density at radius 2 is 2.00 bits per heavy atom. The fourth-order valence-corrected chi connectivity index (χ4v) is 0. The molecule has 0 bridgehead atoms. The molecule has 0 aliphatic rings. The molecule has 0 radical (unpaired) electrons. The van der Waals surface area contributed by atoms with Crippen LogP contribution in [0.25, 0.3) is 0 Å². The second kappa shape index (κ2) is 2.11. The molecule has 0 aromatic carbocycles. The standard InChI is InChI=1S/C2H7FN2/c3-2(5)1-4/h2H,1,4-5H2. The van der Waals surface area contributed by atoms with Gasteiger partial charge >= 0.3 is 0 Å². The van der Waals surface area contributed by atoms with Crippen LogP contribution in [0.1, 0.15) is 0 Å². The molecule has 3 heteroatoms. The van der Waals surface area contributed by atoms with Gasteiger partial charge in [0.25, 0.3) is 0 Å². The minimum absolute atomic E-state index is 0.0833. The SMILES string of the molecule is NCC(N)F. The average Bonchev–Trinajstić information content (AvgIpc) is 1.38. The quantitative estimate of drug-likeness (QED) is 0.403. The summed E-state index contributed by atoms with van der Waals surface area (Å²) in [7, 11) is 0. The van der Waals surface area contributed by atoms with Gasteiger partial charge in [0.15, 0.2) is 6.30 Å². The second-order valence-electron chi connectivity index (χ2n) is 0.752. The molecule has 0 heterocycles. The van der Waals surface area contributed by atoms with Gasteiger partial charge in [0.2, 0.25) is 0 Å². The lowest BCUT2D eigenvalue weighted by Gasteiger charge is -1.87. The van der Waals surface area contributed by atoms with Gasteiger partial charge in [0, 0.05) is 6.54 Å². The highest BCUT2D eigenvalue weighted by Gasteiger charge is 1.85. The maximum Gasteiger partial charge on any atom is 0.161 e. The van der Waals surface area contributed by atoms with Crippen LogP contribution in [-0.2, 0) is 0 Å². The van der Waals surface area contributed by atoms with Crippen LogP contribution >= 0.6 is 0 Å². The first kappa shape index (κ1) is 4.85. The molecule has 0 spiro atoms. The van der Waals surface area contributed by atoms with Gasteiger partial charge in [-0.2, -0.15) is 0 Å². The monoisotopic (exact) mass is 78.1 g/mol. The lowest BCUT2D eigenvalue weighted by atomic mass is 10.7. The zero-order valence-corrected chi connectivity index (χ0v) is 2.82. The lowest BCUT2D eigenvalue weighted by Crippen LogP contribution is -2.23. The van der Waals surface area contributed by atoms with Gasteiger partial charge in [-0.15, -0.1) is 0 Å². The number of hydrogen-bond acceptors (Lipinski definition) is 2. The molecular weight excluding hydrogens is 71.0 g/mol. The van der Waals surface area contributed by atoms with Crippen LogP contribution in [0.5, 0.6) is 0 Å². The van der Waals surface area contributed by atoms with Crippen molar-refractivity contribution >= 4 is 0 Å². The molecule has 4 N–H and O–H groups in total. The van der Waals surface area contributed by atoms with Crippen molar-refractivity contribution in [3.05, 3.63) is 0 Å². The van der Waals surface area contributed by atoms with Gasteiger partial charge in [-0.05, 0) is 0 Å². The molecule has 5 heavy (non-hydrogen) atoms. The van der Waals surface area contributed by atoms with Crippen molar-refractivity contribution in [3.8, 4) is 0 Å². The largest absolute Gasteiger partial charge is 0.327 e. The topological polar surface area (TPSA) is 52.0 Å². The van der Waals surface area contributed by atoms with E-state index in [1.54, 1.807) is 0 Å². The highest BCUT2D eigenvalue weighted by atomic mass is 19.1. The van der Waals surface area contributed by atoms with E-state index < -0.39 is 6.30 Å². The van der Waals surface area contributed by atoms with Crippen LogP contribution in [0.2, 0.25) is 0 Å². The Morgan fingerprint density at radius 3 is 2.00 bits per heavy atom. The Morgan fingerprint density at radius 1 is 1.80 bits per heavy atom. The molecule has 1 unspecified atom stereocenters. The molecule has 0 fully saturated rings. The van der Waals surface area contributed by atoms with Crippen molar-refractivity contribution in [2.75, 3.05) is 6.54 Å². The predicted octanol–water partition coefficient (Wildman–Crippen LogP) is -0.801. The number of halogens is 1. The van der Waals surface area contributed by atoms with Gasteiger partial charge in [0.05, 0.1) is 0 Å². The van der Waals surface area contributed by atoms with E-state index in [0.29, 0.717) is 0 Å². The Labute approximate surface area is 29.9 Å². The van der Waals surface area contributed by atoms with E-state index >= 15 is 0 Å². The average molecular weight is 78.1 g/mol. The minimum atomic E-state index is -1.34. The normalized spacial score (nSPS) is 15.0. The predicted molar refractivity (Wildman–Crippen MR) is 18.1 cm³/mol. The molecule has 0 aliphatic heterocycles. The molecule has 0 saturated carbocycles. The summed E-state index contributed by atoms with van der Waals surface area (Å²) < 4.78 is 11.1. The molecule has 2 nitrogen and oxygen atoms in total. The molecule has 0 amide bonds. The Kier molecular flexibility index (Phi) is 2.05. The second-order valence-corrected chi connectivity index (χ2v) is 0.752. The van der Waals surface area contributed by atoms with Crippen molar-refractivity contribution < 1.29 is 4.39 Å². The van der Waals surface area contributed by atoms with E-state index in [0.717, 1.165) is 0 Å². The fraction of sp³-hybridized carbons (Fsp3) is 1.00. The van der Waals surface area contributed by atoms with Crippen molar-refractivity contribution in [2.24, 2.45) is 11.5 Å². The smallest absolute Gasteiger partial charge is 0.161 e. The number of hydrogen-bond donors (Lipinski definition) is 2. The van der Waals surface area contributed by atoms with E-state index in [4.69, 9.17) is 0 Å². The highest BCUT2D eigenvalue weighted by Crippen LogP contribution is 1.66. The van der Waals surface area contributed by atoms with E-state index in [1.165, 1.54) is 0 Å². The lowest BCUT2D eigenvalue weighted by molar-refractivity contribution is 0.353. The van der Waals surface area contributed by atoms with Crippen LogP contribution in [-0.4, -0.2) is 12.8 Å². The van der Waals surface area contributed by atoms with E-state index in [1.807, 2.05) is 0 Å². The molecule has 0 aromatic rings. The molecule has 1 atom stereocenters.